The fourth-order valence-corrected chi connectivity index (χ4v) is 4.61. The molecule has 1 saturated carbocycles. The van der Waals surface area contributed by atoms with Crippen molar-refractivity contribution in [1.29, 1.82) is 0 Å². The predicted octanol–water partition coefficient (Wildman–Crippen LogP) is 3.22. The van der Waals surface area contributed by atoms with Crippen LogP contribution in [0.2, 0.25) is 0 Å². The number of carbonyl (C=O) groups excluding carboxylic acids is 1. The molecule has 1 amide bonds. The van der Waals surface area contributed by atoms with E-state index in [-0.39, 0.29) is 5.91 Å². The first kappa shape index (κ1) is 16.9. The standard InChI is InChI=1S/C19H18N2O4S/c22-17(21-10-11-25-15-5-2-1-4-14(15)21)13-12-20-9-6-16(13)26-19(18(23)24)7-3-8-19/h1-2,4-6,9,12H,3,7-8,10-11H2,(H,23,24). The molecule has 2 aliphatic rings. The summed E-state index contributed by atoms with van der Waals surface area (Å²) in [4.78, 5) is 31.4. The van der Waals surface area contributed by atoms with E-state index in [0.717, 1.165) is 12.1 Å². The van der Waals surface area contributed by atoms with E-state index in [1.807, 2.05) is 24.3 Å². The third-order valence-electron chi connectivity index (χ3n) is 4.84. The van der Waals surface area contributed by atoms with E-state index in [2.05, 4.69) is 4.98 Å². The maximum Gasteiger partial charge on any atom is 0.320 e. The lowest BCUT2D eigenvalue weighted by atomic mass is 9.84. The van der Waals surface area contributed by atoms with E-state index in [4.69, 9.17) is 4.74 Å². The molecule has 134 valence electrons. The molecule has 2 heterocycles. The second kappa shape index (κ2) is 6.64. The van der Waals surface area contributed by atoms with Gasteiger partial charge in [-0.05, 0) is 37.5 Å². The number of rotatable bonds is 4. The largest absolute Gasteiger partial charge is 0.490 e. The van der Waals surface area contributed by atoms with Crippen LogP contribution in [0.15, 0.2) is 47.6 Å². The van der Waals surface area contributed by atoms with Crippen molar-refractivity contribution in [1.82, 2.24) is 4.98 Å². The third-order valence-corrected chi connectivity index (χ3v) is 6.39. The number of para-hydroxylation sites is 2. The van der Waals surface area contributed by atoms with E-state index in [1.165, 1.54) is 18.0 Å². The number of aliphatic carboxylic acids is 1. The topological polar surface area (TPSA) is 79.7 Å². The summed E-state index contributed by atoms with van der Waals surface area (Å²) >= 11 is 1.27. The number of pyridine rings is 1. The Balaban J connectivity index is 1.67. The highest BCUT2D eigenvalue weighted by Gasteiger charge is 2.46. The average Bonchev–Trinajstić information content (AvgIpc) is 2.63. The van der Waals surface area contributed by atoms with Crippen molar-refractivity contribution in [3.05, 3.63) is 48.3 Å². The first-order valence-electron chi connectivity index (χ1n) is 8.51. The summed E-state index contributed by atoms with van der Waals surface area (Å²) in [7, 11) is 0. The molecule has 4 rings (SSSR count). The van der Waals surface area contributed by atoms with Gasteiger partial charge >= 0.3 is 5.97 Å². The molecule has 2 aromatic rings. The quantitative estimate of drug-likeness (QED) is 0.890. The lowest BCUT2D eigenvalue weighted by Gasteiger charge is -2.37. The summed E-state index contributed by atoms with van der Waals surface area (Å²) in [6.07, 6.45) is 5.24. The minimum Gasteiger partial charge on any atom is -0.490 e. The second-order valence-electron chi connectivity index (χ2n) is 6.40. The summed E-state index contributed by atoms with van der Waals surface area (Å²) in [5.74, 6) is -0.330. The molecule has 6 nitrogen and oxygen atoms in total. The number of carboxylic acid groups (broad SMARTS) is 1. The Kier molecular flexibility index (Phi) is 4.32. The van der Waals surface area contributed by atoms with Crippen LogP contribution in [0.5, 0.6) is 5.75 Å². The lowest BCUT2D eigenvalue weighted by molar-refractivity contribution is -0.142. The molecule has 0 atom stereocenters. The fraction of sp³-hybridized carbons (Fsp3) is 0.316. The Morgan fingerprint density at radius 3 is 2.77 bits per heavy atom. The van der Waals surface area contributed by atoms with Crippen LogP contribution >= 0.6 is 11.8 Å². The number of carboxylic acids is 1. The monoisotopic (exact) mass is 370 g/mol. The van der Waals surface area contributed by atoms with Crippen LogP contribution in [0.1, 0.15) is 29.6 Å². The molecule has 0 saturated heterocycles. The van der Waals surface area contributed by atoms with Crippen LogP contribution in [0.25, 0.3) is 0 Å². The molecule has 26 heavy (non-hydrogen) atoms. The number of thioether (sulfide) groups is 1. The maximum absolute atomic E-state index is 13.2. The fourth-order valence-electron chi connectivity index (χ4n) is 3.23. The van der Waals surface area contributed by atoms with Gasteiger partial charge in [-0.1, -0.05) is 12.1 Å². The molecule has 1 aromatic heterocycles. The van der Waals surface area contributed by atoms with E-state index >= 15 is 0 Å². The lowest BCUT2D eigenvalue weighted by Crippen LogP contribution is -2.42. The van der Waals surface area contributed by atoms with Gasteiger partial charge in [-0.2, -0.15) is 0 Å². The molecular weight excluding hydrogens is 352 g/mol. The molecule has 7 heteroatoms. The van der Waals surface area contributed by atoms with Gasteiger partial charge in [0.25, 0.3) is 5.91 Å². The summed E-state index contributed by atoms with van der Waals surface area (Å²) < 4.78 is 4.78. The van der Waals surface area contributed by atoms with Crippen LogP contribution in [-0.2, 0) is 4.79 Å². The second-order valence-corrected chi connectivity index (χ2v) is 7.83. The zero-order chi connectivity index (χ0) is 18.1. The molecule has 1 aliphatic heterocycles. The number of aromatic nitrogens is 1. The molecule has 1 aliphatic carbocycles. The third kappa shape index (κ3) is 2.82. The summed E-state index contributed by atoms with van der Waals surface area (Å²) in [6, 6.07) is 9.14. The number of nitrogens with zero attached hydrogens (tertiary/aromatic N) is 2. The Labute approximate surface area is 155 Å². The molecule has 0 spiro atoms. The van der Waals surface area contributed by atoms with Gasteiger partial charge in [-0.3, -0.25) is 14.6 Å². The first-order valence-corrected chi connectivity index (χ1v) is 9.32. The minimum atomic E-state index is -0.834. The number of anilines is 1. The summed E-state index contributed by atoms with van der Waals surface area (Å²) in [6.45, 7) is 0.865. The molecule has 1 aromatic carbocycles. The van der Waals surface area contributed by atoms with Gasteiger partial charge in [-0.25, -0.2) is 0 Å². The summed E-state index contributed by atoms with van der Waals surface area (Å²) in [5.41, 5.74) is 1.15. The highest BCUT2D eigenvalue weighted by Crippen LogP contribution is 2.48. The molecule has 1 N–H and O–H groups in total. The van der Waals surface area contributed by atoms with Crippen molar-refractivity contribution in [2.75, 3.05) is 18.1 Å². The number of fused-ring (bicyclic) bond motifs is 1. The van der Waals surface area contributed by atoms with Crippen LogP contribution in [0, 0.1) is 0 Å². The van der Waals surface area contributed by atoms with Gasteiger partial charge in [0.05, 0.1) is 17.8 Å². The number of ether oxygens (including phenoxy) is 1. The first-order chi connectivity index (χ1) is 12.6. The Hall–Kier alpha value is -2.54. The van der Waals surface area contributed by atoms with Gasteiger partial charge in [-0.15, -0.1) is 11.8 Å². The minimum absolute atomic E-state index is 0.184. The molecular formula is C19H18N2O4S. The van der Waals surface area contributed by atoms with E-state index in [9.17, 15) is 14.7 Å². The van der Waals surface area contributed by atoms with E-state index in [0.29, 0.717) is 42.2 Å². The van der Waals surface area contributed by atoms with E-state index in [1.54, 1.807) is 17.2 Å². The zero-order valence-electron chi connectivity index (χ0n) is 14.1. The Morgan fingerprint density at radius 2 is 2.04 bits per heavy atom. The normalized spacial score (nSPS) is 17.6. The van der Waals surface area contributed by atoms with Gasteiger partial charge < -0.3 is 14.7 Å². The number of benzene rings is 1. The van der Waals surface area contributed by atoms with Crippen molar-refractivity contribution < 1.29 is 19.4 Å². The van der Waals surface area contributed by atoms with Crippen molar-refractivity contribution in [2.24, 2.45) is 0 Å². The van der Waals surface area contributed by atoms with Crippen LogP contribution in [0.4, 0.5) is 5.69 Å². The van der Waals surface area contributed by atoms with Gasteiger partial charge in [0.1, 0.15) is 17.1 Å². The zero-order valence-corrected chi connectivity index (χ0v) is 14.9. The highest BCUT2D eigenvalue weighted by molar-refractivity contribution is 8.01. The van der Waals surface area contributed by atoms with Gasteiger partial charge in [0.2, 0.25) is 0 Å². The summed E-state index contributed by atoms with van der Waals surface area (Å²) in [5, 5.41) is 9.61. The van der Waals surface area contributed by atoms with Crippen molar-refractivity contribution in [3.8, 4) is 5.75 Å². The number of amides is 1. The predicted molar refractivity (Wildman–Crippen MR) is 97.9 cm³/mol. The van der Waals surface area contributed by atoms with Gasteiger partial charge in [0, 0.05) is 17.3 Å². The average molecular weight is 370 g/mol. The molecule has 0 unspecified atom stereocenters. The van der Waals surface area contributed by atoms with Gasteiger partial charge in [0.15, 0.2) is 0 Å². The molecule has 0 bridgehead atoms. The smallest absolute Gasteiger partial charge is 0.320 e. The van der Waals surface area contributed by atoms with Crippen LogP contribution in [0.3, 0.4) is 0 Å². The molecule has 1 fully saturated rings. The number of hydrogen-bond acceptors (Lipinski definition) is 5. The number of hydrogen-bond donors (Lipinski definition) is 1. The van der Waals surface area contributed by atoms with E-state index < -0.39 is 10.7 Å². The SMILES string of the molecule is O=C(c1cnccc1SC1(C(=O)O)CCC1)N1CCOc2ccccc21. The molecule has 0 radical (unpaired) electrons. The Bertz CT molecular complexity index is 866. The Morgan fingerprint density at radius 1 is 1.23 bits per heavy atom. The van der Waals surface area contributed by atoms with Crippen LogP contribution < -0.4 is 9.64 Å². The number of carbonyl (C=O) groups is 2. The highest BCUT2D eigenvalue weighted by atomic mass is 32.2. The van der Waals surface area contributed by atoms with Crippen LogP contribution in [-0.4, -0.2) is 39.9 Å². The van der Waals surface area contributed by atoms with Crippen molar-refractivity contribution in [2.45, 2.75) is 28.9 Å². The maximum atomic E-state index is 13.2. The van der Waals surface area contributed by atoms with Crippen molar-refractivity contribution >= 4 is 29.3 Å². The van der Waals surface area contributed by atoms with Crippen molar-refractivity contribution in [3.63, 3.8) is 0 Å².